The minimum atomic E-state index is -3.15. The van der Waals surface area contributed by atoms with Crippen LogP contribution >= 0.6 is 28.9 Å². The van der Waals surface area contributed by atoms with Gasteiger partial charge in [-0.15, -0.1) is 0 Å². The molecule has 1 unspecified atom stereocenters. The highest BCUT2D eigenvalue weighted by atomic mass is 33.1. The number of rotatable bonds is 11. The fourth-order valence-corrected chi connectivity index (χ4v) is 8.17. The van der Waals surface area contributed by atoms with Crippen molar-refractivity contribution in [2.45, 2.75) is 40.3 Å². The van der Waals surface area contributed by atoms with Crippen molar-refractivity contribution in [2.24, 2.45) is 0 Å². The first-order valence-corrected chi connectivity index (χ1v) is 13.4. The molecule has 28 heavy (non-hydrogen) atoms. The molecule has 0 fully saturated rings. The van der Waals surface area contributed by atoms with Crippen LogP contribution in [0.4, 0.5) is 5.69 Å². The van der Waals surface area contributed by atoms with Gasteiger partial charge in [-0.25, -0.2) is 4.98 Å². The van der Waals surface area contributed by atoms with Gasteiger partial charge in [-0.2, -0.15) is 0 Å². The molecule has 156 valence electrons. The van der Waals surface area contributed by atoms with E-state index in [9.17, 15) is 9.67 Å². The van der Waals surface area contributed by atoms with Crippen LogP contribution in [-0.4, -0.2) is 39.8 Å². The van der Waals surface area contributed by atoms with E-state index in [-0.39, 0.29) is 5.88 Å². The van der Waals surface area contributed by atoms with E-state index >= 15 is 0 Å². The van der Waals surface area contributed by atoms with Crippen molar-refractivity contribution >= 4 is 34.6 Å². The van der Waals surface area contributed by atoms with E-state index in [1.165, 1.54) is 0 Å². The molecule has 0 aliphatic carbocycles. The topological polar surface area (TPSA) is 109 Å². The number of aromatic nitrogens is 3. The third kappa shape index (κ3) is 5.90. The van der Waals surface area contributed by atoms with Crippen LogP contribution in [0.25, 0.3) is 0 Å². The molecule has 2 aromatic heterocycles. The molecule has 0 amide bonds. The summed E-state index contributed by atoms with van der Waals surface area (Å²) in [5.41, 5.74) is -0.667. The summed E-state index contributed by atoms with van der Waals surface area (Å²) in [7, 11) is 0. The van der Waals surface area contributed by atoms with Crippen molar-refractivity contribution in [2.75, 3.05) is 25.1 Å². The SMILES string of the molecule is CCOSP(=O)(SOCC)C(CNc1ccc(C)nc1C)c1nc(C)c(O)[nH]1. The predicted molar refractivity (Wildman–Crippen MR) is 116 cm³/mol. The van der Waals surface area contributed by atoms with E-state index in [1.54, 1.807) is 6.92 Å². The van der Waals surface area contributed by atoms with Crippen LogP contribution in [0.5, 0.6) is 5.88 Å². The second kappa shape index (κ2) is 10.5. The Morgan fingerprint density at radius 3 is 2.29 bits per heavy atom. The predicted octanol–water partition coefficient (Wildman–Crippen LogP) is 5.15. The van der Waals surface area contributed by atoms with Gasteiger partial charge in [0, 0.05) is 12.2 Å². The maximum atomic E-state index is 13.8. The number of aromatic amines is 1. The van der Waals surface area contributed by atoms with E-state index < -0.39 is 11.2 Å². The Morgan fingerprint density at radius 1 is 1.14 bits per heavy atom. The number of imidazole rings is 1. The lowest BCUT2D eigenvalue weighted by Gasteiger charge is -2.24. The molecular formula is C17H27N4O4PS2. The summed E-state index contributed by atoms with van der Waals surface area (Å²) >= 11 is 1.84. The molecule has 0 aromatic carbocycles. The van der Waals surface area contributed by atoms with E-state index in [2.05, 4.69) is 20.3 Å². The molecule has 3 N–H and O–H groups in total. The number of H-pyrrole nitrogens is 1. The highest BCUT2D eigenvalue weighted by Crippen LogP contribution is 2.77. The first-order valence-electron chi connectivity index (χ1n) is 8.96. The Hall–Kier alpha value is -1.19. The number of aromatic hydroxyl groups is 1. The van der Waals surface area contributed by atoms with E-state index in [1.807, 2.05) is 39.8 Å². The van der Waals surface area contributed by atoms with Gasteiger partial charge in [-0.1, -0.05) is 0 Å². The number of aryl methyl sites for hydroxylation is 3. The number of anilines is 1. The van der Waals surface area contributed by atoms with Crippen LogP contribution in [0.15, 0.2) is 12.1 Å². The van der Waals surface area contributed by atoms with Crippen LogP contribution in [0.2, 0.25) is 0 Å². The van der Waals surface area contributed by atoms with Gasteiger partial charge in [0.05, 0.1) is 53.6 Å². The highest BCUT2D eigenvalue weighted by Gasteiger charge is 2.40. The molecule has 11 heteroatoms. The molecule has 0 aliphatic heterocycles. The quantitative estimate of drug-likeness (QED) is 0.319. The lowest BCUT2D eigenvalue weighted by molar-refractivity contribution is 0.403. The second-order valence-electron chi connectivity index (χ2n) is 6.04. The van der Waals surface area contributed by atoms with Gasteiger partial charge in [0.2, 0.25) is 5.88 Å². The maximum absolute atomic E-state index is 13.8. The van der Waals surface area contributed by atoms with Crippen molar-refractivity contribution in [1.29, 1.82) is 0 Å². The molecule has 8 nitrogen and oxygen atoms in total. The standard InChI is InChI=1S/C17H27N4O4PS2/c1-6-24-27-26(23,28-25-7-2)15(16-20-13(5)17(22)21-16)10-18-14-9-8-11(3)19-12(14)4/h8-9,15,18,22H,6-7,10H2,1-5H3,(H,20,21). The summed E-state index contributed by atoms with van der Waals surface area (Å²) in [6, 6.07) is 3.85. The third-order valence-electron chi connectivity index (χ3n) is 3.83. The minimum Gasteiger partial charge on any atom is -0.493 e. The average Bonchev–Trinajstić information content (AvgIpc) is 2.98. The normalized spacial score (nSPS) is 12.9. The Kier molecular flexibility index (Phi) is 8.70. The lowest BCUT2D eigenvalue weighted by Crippen LogP contribution is -2.14. The van der Waals surface area contributed by atoms with Gasteiger partial charge in [0.15, 0.2) is 0 Å². The molecule has 2 heterocycles. The monoisotopic (exact) mass is 446 g/mol. The largest absolute Gasteiger partial charge is 0.493 e. The second-order valence-corrected chi connectivity index (χ2v) is 13.4. The number of hydrogen-bond acceptors (Lipinski definition) is 9. The Bertz CT molecular complexity index is 802. The first kappa shape index (κ1) is 23.1. The molecule has 1 atom stereocenters. The molecule has 0 bridgehead atoms. The van der Waals surface area contributed by atoms with Gasteiger partial charge < -0.3 is 23.8 Å². The van der Waals surface area contributed by atoms with Crippen molar-refractivity contribution in [3.8, 4) is 5.88 Å². The molecule has 0 aliphatic rings. The summed E-state index contributed by atoms with van der Waals surface area (Å²) in [5.74, 6) is 0.380. The van der Waals surface area contributed by atoms with Gasteiger partial charge in [-0.3, -0.25) is 9.55 Å². The maximum Gasteiger partial charge on any atom is 0.254 e. The van der Waals surface area contributed by atoms with Crippen molar-refractivity contribution in [3.63, 3.8) is 0 Å². The van der Waals surface area contributed by atoms with Gasteiger partial charge in [0.1, 0.15) is 11.5 Å². The summed E-state index contributed by atoms with van der Waals surface area (Å²) in [6.45, 7) is 10.3. The van der Waals surface area contributed by atoms with E-state index in [0.717, 1.165) is 40.4 Å². The third-order valence-corrected chi connectivity index (χ3v) is 10.6. The number of nitrogens with one attached hydrogen (secondary N) is 2. The number of hydrogen-bond donors (Lipinski definition) is 3. The summed E-state index contributed by atoms with van der Waals surface area (Å²) in [4.78, 5) is 11.7. The van der Waals surface area contributed by atoms with Crippen molar-refractivity contribution in [1.82, 2.24) is 15.0 Å². The fraction of sp³-hybridized carbons (Fsp3) is 0.529. The van der Waals surface area contributed by atoms with Crippen molar-refractivity contribution in [3.05, 3.63) is 35.0 Å². The van der Waals surface area contributed by atoms with E-state index in [0.29, 0.717) is 31.3 Å². The average molecular weight is 447 g/mol. The minimum absolute atomic E-state index is 0.0393. The molecule has 0 saturated heterocycles. The number of nitrogens with zero attached hydrogens (tertiary/aromatic N) is 2. The van der Waals surface area contributed by atoms with Crippen LogP contribution in [0.1, 0.15) is 42.4 Å². The molecule has 0 spiro atoms. The number of pyridine rings is 1. The van der Waals surface area contributed by atoms with Crippen molar-refractivity contribution < 1.29 is 18.0 Å². The molecular weight excluding hydrogens is 419 g/mol. The molecule has 0 radical (unpaired) electrons. The Balaban J connectivity index is 2.35. The molecule has 2 rings (SSSR count). The zero-order valence-electron chi connectivity index (χ0n) is 16.7. The van der Waals surface area contributed by atoms with E-state index in [4.69, 9.17) is 8.37 Å². The summed E-state index contributed by atoms with van der Waals surface area (Å²) in [5, 5.41) is 13.3. The first-order chi connectivity index (χ1) is 13.3. The Labute approximate surface area is 173 Å². The smallest absolute Gasteiger partial charge is 0.254 e. The molecule has 0 saturated carbocycles. The molecule has 2 aromatic rings. The Morgan fingerprint density at radius 2 is 1.79 bits per heavy atom. The summed E-state index contributed by atoms with van der Waals surface area (Å²) < 4.78 is 24.7. The van der Waals surface area contributed by atoms with Gasteiger partial charge in [0.25, 0.3) is 5.55 Å². The fourth-order valence-electron chi connectivity index (χ4n) is 2.44. The van der Waals surface area contributed by atoms with Crippen LogP contribution < -0.4 is 5.32 Å². The zero-order chi connectivity index (χ0) is 20.7. The lowest BCUT2D eigenvalue weighted by atomic mass is 10.2. The van der Waals surface area contributed by atoms with Crippen LogP contribution in [0.3, 0.4) is 0 Å². The van der Waals surface area contributed by atoms with Gasteiger partial charge >= 0.3 is 0 Å². The van der Waals surface area contributed by atoms with Gasteiger partial charge in [-0.05, 0) is 46.8 Å². The highest BCUT2D eigenvalue weighted by molar-refractivity contribution is 8.88. The summed E-state index contributed by atoms with van der Waals surface area (Å²) in [6.07, 6.45) is 0. The van der Waals surface area contributed by atoms with Crippen LogP contribution in [0, 0.1) is 20.8 Å². The van der Waals surface area contributed by atoms with Crippen LogP contribution in [-0.2, 0) is 12.9 Å². The zero-order valence-corrected chi connectivity index (χ0v) is 19.2.